The molecule has 0 bridgehead atoms. The van der Waals surface area contributed by atoms with E-state index in [4.69, 9.17) is 0 Å². The number of carbonyl (C=O) groups is 1. The maximum Gasteiger partial charge on any atom is 0.289 e. The van der Waals surface area contributed by atoms with Crippen LogP contribution < -0.4 is 5.32 Å². The first-order chi connectivity index (χ1) is 11.4. The van der Waals surface area contributed by atoms with Crippen LogP contribution in [0.1, 0.15) is 15.9 Å². The van der Waals surface area contributed by atoms with E-state index in [1.807, 2.05) is 30.5 Å². The summed E-state index contributed by atoms with van der Waals surface area (Å²) in [4.78, 5) is 33.4. The van der Waals surface area contributed by atoms with E-state index in [-0.39, 0.29) is 12.1 Å². The minimum Gasteiger partial charge on any atom is -0.348 e. The van der Waals surface area contributed by atoms with Gasteiger partial charge in [0.15, 0.2) is 0 Å². The molecule has 2 aromatic carbocycles. The lowest BCUT2D eigenvalue weighted by molar-refractivity contribution is -0.394. The molecule has 1 amide bonds. The predicted molar refractivity (Wildman–Crippen MR) is 89.1 cm³/mol. The third kappa shape index (κ3) is 4.07. The number of benzene rings is 2. The van der Waals surface area contributed by atoms with Crippen molar-refractivity contribution in [1.29, 1.82) is 0 Å². The standard InChI is InChI=1S/C15H13N3O5S/c1-24-12-5-2-10(3-6-12)9-16-15(19)13-7-4-11(17(20)21)8-14(13)18(22)23/h2-8H,9H2,1H3,(H,16,19). The van der Waals surface area contributed by atoms with E-state index in [0.717, 1.165) is 28.7 Å². The van der Waals surface area contributed by atoms with Gasteiger partial charge in [-0.15, -0.1) is 11.8 Å². The van der Waals surface area contributed by atoms with E-state index in [9.17, 15) is 25.0 Å². The van der Waals surface area contributed by atoms with Crippen molar-refractivity contribution in [2.75, 3.05) is 6.26 Å². The molecule has 0 heterocycles. The molecular weight excluding hydrogens is 334 g/mol. The van der Waals surface area contributed by atoms with Gasteiger partial charge in [-0.3, -0.25) is 25.0 Å². The quantitative estimate of drug-likeness (QED) is 0.487. The van der Waals surface area contributed by atoms with Crippen molar-refractivity contribution in [1.82, 2.24) is 5.32 Å². The molecule has 24 heavy (non-hydrogen) atoms. The number of non-ortho nitro benzene ring substituents is 1. The van der Waals surface area contributed by atoms with Crippen molar-refractivity contribution in [2.24, 2.45) is 0 Å². The summed E-state index contributed by atoms with van der Waals surface area (Å²) in [5, 5.41) is 24.3. The van der Waals surface area contributed by atoms with E-state index in [0.29, 0.717) is 0 Å². The summed E-state index contributed by atoms with van der Waals surface area (Å²) < 4.78 is 0. The molecule has 0 spiro atoms. The van der Waals surface area contributed by atoms with Gasteiger partial charge in [-0.2, -0.15) is 0 Å². The molecule has 2 aromatic rings. The third-order valence-electron chi connectivity index (χ3n) is 3.25. The average molecular weight is 347 g/mol. The molecule has 0 aliphatic carbocycles. The number of rotatable bonds is 6. The molecule has 124 valence electrons. The molecule has 0 radical (unpaired) electrons. The van der Waals surface area contributed by atoms with Crippen LogP contribution >= 0.6 is 11.8 Å². The Kier molecular flexibility index (Phi) is 5.48. The zero-order valence-electron chi connectivity index (χ0n) is 12.6. The summed E-state index contributed by atoms with van der Waals surface area (Å²) in [5.74, 6) is -0.662. The monoisotopic (exact) mass is 347 g/mol. The first-order valence-corrected chi connectivity index (χ1v) is 7.99. The first-order valence-electron chi connectivity index (χ1n) is 6.76. The summed E-state index contributed by atoms with van der Waals surface area (Å²) in [6, 6.07) is 10.4. The summed E-state index contributed by atoms with van der Waals surface area (Å²) in [6.07, 6.45) is 1.95. The molecule has 0 aliphatic rings. The Labute approximate surface area is 141 Å². The highest BCUT2D eigenvalue weighted by atomic mass is 32.2. The number of carbonyl (C=O) groups excluding carboxylic acids is 1. The van der Waals surface area contributed by atoms with Crippen LogP contribution in [0.4, 0.5) is 11.4 Å². The Balaban J connectivity index is 2.16. The molecule has 0 fully saturated rings. The van der Waals surface area contributed by atoms with Gasteiger partial charge in [-0.05, 0) is 30.0 Å². The fourth-order valence-electron chi connectivity index (χ4n) is 2.00. The first kappa shape index (κ1) is 17.4. The summed E-state index contributed by atoms with van der Waals surface area (Å²) in [7, 11) is 0. The maximum absolute atomic E-state index is 12.2. The lowest BCUT2D eigenvalue weighted by Gasteiger charge is -2.06. The van der Waals surface area contributed by atoms with Gasteiger partial charge in [0.1, 0.15) is 5.56 Å². The number of nitro benzene ring substituents is 2. The molecule has 0 atom stereocenters. The van der Waals surface area contributed by atoms with Crippen LogP contribution in [-0.4, -0.2) is 22.0 Å². The molecule has 2 rings (SSSR count). The number of nitro groups is 2. The van der Waals surface area contributed by atoms with Crippen molar-refractivity contribution in [3.8, 4) is 0 Å². The van der Waals surface area contributed by atoms with E-state index < -0.39 is 27.1 Å². The van der Waals surface area contributed by atoms with Crippen molar-refractivity contribution in [2.45, 2.75) is 11.4 Å². The molecule has 0 aromatic heterocycles. The number of hydrogen-bond donors (Lipinski definition) is 1. The molecular formula is C15H13N3O5S. The zero-order chi connectivity index (χ0) is 17.7. The van der Waals surface area contributed by atoms with Gasteiger partial charge in [-0.1, -0.05) is 12.1 Å². The van der Waals surface area contributed by atoms with Crippen LogP contribution in [0.5, 0.6) is 0 Å². The lowest BCUT2D eigenvalue weighted by atomic mass is 10.1. The molecule has 8 nitrogen and oxygen atoms in total. The molecule has 9 heteroatoms. The number of nitrogens with one attached hydrogen (secondary N) is 1. The second-order valence-electron chi connectivity index (χ2n) is 4.75. The van der Waals surface area contributed by atoms with Gasteiger partial charge in [0.25, 0.3) is 17.3 Å². The second-order valence-corrected chi connectivity index (χ2v) is 5.63. The van der Waals surface area contributed by atoms with Gasteiger partial charge in [-0.25, -0.2) is 0 Å². The SMILES string of the molecule is CSc1ccc(CNC(=O)c2ccc([N+](=O)[O-])cc2[N+](=O)[O-])cc1. The van der Waals surface area contributed by atoms with Gasteiger partial charge in [0.05, 0.1) is 15.9 Å². The maximum atomic E-state index is 12.2. The van der Waals surface area contributed by atoms with Crippen LogP contribution in [0.3, 0.4) is 0 Å². The van der Waals surface area contributed by atoms with Crippen LogP contribution in [0, 0.1) is 20.2 Å². The Morgan fingerprint density at radius 3 is 2.29 bits per heavy atom. The average Bonchev–Trinajstić information content (AvgIpc) is 2.59. The molecule has 0 saturated carbocycles. The van der Waals surface area contributed by atoms with E-state index in [1.54, 1.807) is 11.8 Å². The number of amides is 1. The minimum absolute atomic E-state index is 0.196. The van der Waals surface area contributed by atoms with E-state index in [1.165, 1.54) is 0 Å². The highest BCUT2D eigenvalue weighted by Gasteiger charge is 2.23. The van der Waals surface area contributed by atoms with Crippen molar-refractivity contribution in [3.05, 3.63) is 73.8 Å². The van der Waals surface area contributed by atoms with Crippen LogP contribution in [0.25, 0.3) is 0 Å². The number of hydrogen-bond acceptors (Lipinski definition) is 6. The summed E-state index contributed by atoms with van der Waals surface area (Å²) in [5.41, 5.74) is -0.414. The van der Waals surface area contributed by atoms with Gasteiger partial charge in [0.2, 0.25) is 0 Å². The molecule has 0 saturated heterocycles. The normalized spacial score (nSPS) is 10.2. The van der Waals surface area contributed by atoms with E-state index in [2.05, 4.69) is 5.32 Å². The van der Waals surface area contributed by atoms with Crippen molar-refractivity contribution in [3.63, 3.8) is 0 Å². The fourth-order valence-corrected chi connectivity index (χ4v) is 2.41. The highest BCUT2D eigenvalue weighted by molar-refractivity contribution is 7.98. The topological polar surface area (TPSA) is 115 Å². The van der Waals surface area contributed by atoms with Crippen molar-refractivity contribution >= 4 is 29.0 Å². The number of thioether (sulfide) groups is 1. The highest BCUT2D eigenvalue weighted by Crippen LogP contribution is 2.24. The number of nitrogens with zero attached hydrogens (tertiary/aromatic N) is 2. The van der Waals surface area contributed by atoms with Gasteiger partial charge >= 0.3 is 0 Å². The predicted octanol–water partition coefficient (Wildman–Crippen LogP) is 3.15. The Hall–Kier alpha value is -2.94. The zero-order valence-corrected chi connectivity index (χ0v) is 13.4. The molecule has 1 N–H and O–H groups in total. The fraction of sp³-hybridized carbons (Fsp3) is 0.133. The molecule has 0 unspecified atom stereocenters. The minimum atomic E-state index is -0.810. The van der Waals surface area contributed by atoms with Crippen LogP contribution in [0.15, 0.2) is 47.4 Å². The Morgan fingerprint density at radius 1 is 1.08 bits per heavy atom. The largest absolute Gasteiger partial charge is 0.348 e. The summed E-state index contributed by atoms with van der Waals surface area (Å²) >= 11 is 1.59. The van der Waals surface area contributed by atoms with E-state index >= 15 is 0 Å². The van der Waals surface area contributed by atoms with Crippen LogP contribution in [-0.2, 0) is 6.54 Å². The van der Waals surface area contributed by atoms with Crippen molar-refractivity contribution < 1.29 is 14.6 Å². The summed E-state index contributed by atoms with van der Waals surface area (Å²) in [6.45, 7) is 0.196. The third-order valence-corrected chi connectivity index (χ3v) is 3.99. The second kappa shape index (κ2) is 7.55. The Bertz CT molecular complexity index is 792. The smallest absolute Gasteiger partial charge is 0.289 e. The molecule has 0 aliphatic heterocycles. The van der Waals surface area contributed by atoms with Gasteiger partial charge in [0, 0.05) is 17.5 Å². The lowest BCUT2D eigenvalue weighted by Crippen LogP contribution is -2.23. The van der Waals surface area contributed by atoms with Gasteiger partial charge < -0.3 is 5.32 Å². The Morgan fingerprint density at radius 2 is 1.75 bits per heavy atom. The van der Waals surface area contributed by atoms with Crippen LogP contribution in [0.2, 0.25) is 0 Å².